The molecule has 0 unspecified atom stereocenters. The number of benzene rings is 1. The molecule has 1 fully saturated rings. The van der Waals surface area contributed by atoms with E-state index in [0.29, 0.717) is 17.1 Å². The fourth-order valence-electron chi connectivity index (χ4n) is 1.97. The van der Waals surface area contributed by atoms with Gasteiger partial charge in [-0.3, -0.25) is 0 Å². The van der Waals surface area contributed by atoms with Gasteiger partial charge < -0.3 is 5.11 Å². The van der Waals surface area contributed by atoms with Crippen LogP contribution < -0.4 is 0 Å². The standard InChI is InChI=1S/C12H11BrN2O/c1-6-14-11-5-8(7-2-3-7)10(13)4-9(11)12(16)15-6/h4-5,7H,2-3H2,1H3,(H,14,15,16). The normalized spacial score (nSPS) is 15.6. The highest BCUT2D eigenvalue weighted by molar-refractivity contribution is 9.10. The van der Waals surface area contributed by atoms with Gasteiger partial charge in [0.25, 0.3) is 0 Å². The maximum atomic E-state index is 9.75. The number of hydrogen-bond donors (Lipinski definition) is 1. The fraction of sp³-hybridized carbons (Fsp3) is 0.333. The van der Waals surface area contributed by atoms with Crippen molar-refractivity contribution in [2.24, 2.45) is 0 Å². The number of halogens is 1. The van der Waals surface area contributed by atoms with Crippen molar-refractivity contribution in [1.82, 2.24) is 9.97 Å². The van der Waals surface area contributed by atoms with E-state index in [-0.39, 0.29) is 5.88 Å². The molecule has 1 aromatic heterocycles. The molecule has 16 heavy (non-hydrogen) atoms. The van der Waals surface area contributed by atoms with Crippen LogP contribution in [0.15, 0.2) is 16.6 Å². The van der Waals surface area contributed by atoms with Gasteiger partial charge in [-0.25, -0.2) is 4.98 Å². The van der Waals surface area contributed by atoms with E-state index in [1.807, 2.05) is 6.07 Å². The highest BCUT2D eigenvalue weighted by Gasteiger charge is 2.26. The topological polar surface area (TPSA) is 46.0 Å². The molecule has 4 heteroatoms. The first-order chi connectivity index (χ1) is 7.65. The second-order valence-corrected chi connectivity index (χ2v) is 5.11. The van der Waals surface area contributed by atoms with Crippen molar-refractivity contribution < 1.29 is 5.11 Å². The minimum Gasteiger partial charge on any atom is -0.493 e. The van der Waals surface area contributed by atoms with Gasteiger partial charge in [-0.15, -0.1) is 0 Å². The van der Waals surface area contributed by atoms with Crippen LogP contribution in [0.5, 0.6) is 5.88 Å². The van der Waals surface area contributed by atoms with E-state index in [2.05, 4.69) is 32.0 Å². The molecule has 0 spiro atoms. The Hall–Kier alpha value is -1.16. The Morgan fingerprint density at radius 2 is 2.06 bits per heavy atom. The van der Waals surface area contributed by atoms with Gasteiger partial charge in [0, 0.05) is 4.47 Å². The molecule has 0 radical (unpaired) electrons. The van der Waals surface area contributed by atoms with Gasteiger partial charge in [-0.05, 0) is 43.4 Å². The lowest BCUT2D eigenvalue weighted by Gasteiger charge is -2.06. The van der Waals surface area contributed by atoms with Crippen molar-refractivity contribution in [2.75, 3.05) is 0 Å². The number of rotatable bonds is 1. The maximum Gasteiger partial charge on any atom is 0.222 e. The van der Waals surface area contributed by atoms with Crippen LogP contribution >= 0.6 is 15.9 Å². The van der Waals surface area contributed by atoms with Gasteiger partial charge in [-0.2, -0.15) is 4.98 Å². The Bertz CT molecular complexity index is 579. The highest BCUT2D eigenvalue weighted by atomic mass is 79.9. The van der Waals surface area contributed by atoms with Crippen LogP contribution in [0.25, 0.3) is 10.9 Å². The zero-order valence-corrected chi connectivity index (χ0v) is 10.5. The first kappa shape index (κ1) is 10.0. The third kappa shape index (κ3) is 1.57. The first-order valence-electron chi connectivity index (χ1n) is 5.32. The third-order valence-corrected chi connectivity index (χ3v) is 3.61. The molecule has 1 aliphatic rings. The molecule has 0 atom stereocenters. The summed E-state index contributed by atoms with van der Waals surface area (Å²) in [6.07, 6.45) is 2.50. The Kier molecular flexibility index (Phi) is 2.14. The van der Waals surface area contributed by atoms with Gasteiger partial charge in [0.15, 0.2) is 0 Å². The van der Waals surface area contributed by atoms with Crippen molar-refractivity contribution in [3.8, 4) is 5.88 Å². The summed E-state index contributed by atoms with van der Waals surface area (Å²) in [5.74, 6) is 1.33. The summed E-state index contributed by atoms with van der Waals surface area (Å²) in [6.45, 7) is 1.79. The van der Waals surface area contributed by atoms with Crippen molar-refractivity contribution in [3.05, 3.63) is 28.0 Å². The summed E-state index contributed by atoms with van der Waals surface area (Å²) in [7, 11) is 0. The monoisotopic (exact) mass is 278 g/mol. The summed E-state index contributed by atoms with van der Waals surface area (Å²) in [6, 6.07) is 3.98. The van der Waals surface area contributed by atoms with Crippen molar-refractivity contribution in [3.63, 3.8) is 0 Å². The van der Waals surface area contributed by atoms with Gasteiger partial charge in [-0.1, -0.05) is 15.9 Å². The number of hydrogen-bond acceptors (Lipinski definition) is 3. The zero-order chi connectivity index (χ0) is 11.3. The van der Waals surface area contributed by atoms with Crippen LogP contribution in [0.3, 0.4) is 0 Å². The molecule has 0 saturated heterocycles. The van der Waals surface area contributed by atoms with E-state index >= 15 is 0 Å². The quantitative estimate of drug-likeness (QED) is 0.871. The minimum atomic E-state index is 0.0607. The SMILES string of the molecule is Cc1nc(O)c2cc(Br)c(C3CC3)cc2n1. The Morgan fingerprint density at radius 3 is 2.75 bits per heavy atom. The third-order valence-electron chi connectivity index (χ3n) is 2.92. The average Bonchev–Trinajstić information content (AvgIpc) is 3.02. The van der Waals surface area contributed by atoms with E-state index < -0.39 is 0 Å². The van der Waals surface area contributed by atoms with E-state index in [0.717, 1.165) is 9.99 Å². The predicted molar refractivity (Wildman–Crippen MR) is 65.6 cm³/mol. The zero-order valence-electron chi connectivity index (χ0n) is 8.87. The van der Waals surface area contributed by atoms with Gasteiger partial charge in [0.1, 0.15) is 5.82 Å². The number of aromatic hydroxyl groups is 1. The number of fused-ring (bicyclic) bond motifs is 1. The van der Waals surface area contributed by atoms with Crippen LogP contribution in [0, 0.1) is 6.92 Å². The van der Waals surface area contributed by atoms with Crippen LogP contribution in [0.2, 0.25) is 0 Å². The summed E-state index contributed by atoms with van der Waals surface area (Å²) >= 11 is 3.54. The molecule has 1 heterocycles. The lowest BCUT2D eigenvalue weighted by atomic mass is 10.1. The fourth-order valence-corrected chi connectivity index (χ4v) is 2.64. The Morgan fingerprint density at radius 1 is 1.31 bits per heavy atom. The molecule has 2 aromatic rings. The molecule has 3 nitrogen and oxygen atoms in total. The number of aromatic nitrogens is 2. The molecule has 1 aromatic carbocycles. The van der Waals surface area contributed by atoms with E-state index in [1.165, 1.54) is 18.4 Å². The molecule has 1 aliphatic carbocycles. The Labute approximate surface area is 102 Å². The van der Waals surface area contributed by atoms with Crippen LogP contribution in [-0.4, -0.2) is 15.1 Å². The van der Waals surface area contributed by atoms with Gasteiger partial charge >= 0.3 is 0 Å². The first-order valence-corrected chi connectivity index (χ1v) is 6.11. The largest absolute Gasteiger partial charge is 0.493 e. The summed E-state index contributed by atoms with van der Waals surface area (Å²) in [5.41, 5.74) is 2.13. The molecule has 0 bridgehead atoms. The van der Waals surface area contributed by atoms with Crippen LogP contribution in [0.4, 0.5) is 0 Å². The summed E-state index contributed by atoms with van der Waals surface area (Å²) < 4.78 is 1.05. The van der Waals surface area contributed by atoms with Gasteiger partial charge in [0.2, 0.25) is 5.88 Å². The highest BCUT2D eigenvalue weighted by Crippen LogP contribution is 2.44. The summed E-state index contributed by atoms with van der Waals surface area (Å²) in [5, 5.41) is 10.5. The summed E-state index contributed by atoms with van der Waals surface area (Å²) in [4.78, 5) is 8.31. The van der Waals surface area contributed by atoms with E-state index in [4.69, 9.17) is 0 Å². The number of aryl methyl sites for hydroxylation is 1. The van der Waals surface area contributed by atoms with Crippen molar-refractivity contribution >= 4 is 26.8 Å². The smallest absolute Gasteiger partial charge is 0.222 e. The molecule has 1 N–H and O–H groups in total. The maximum absolute atomic E-state index is 9.75. The van der Waals surface area contributed by atoms with E-state index in [1.54, 1.807) is 6.92 Å². The molecule has 3 rings (SSSR count). The van der Waals surface area contributed by atoms with Crippen LogP contribution in [0.1, 0.15) is 30.1 Å². The average molecular weight is 279 g/mol. The molecule has 0 amide bonds. The molecular formula is C12H11BrN2O. The van der Waals surface area contributed by atoms with E-state index in [9.17, 15) is 5.11 Å². The molecular weight excluding hydrogens is 268 g/mol. The minimum absolute atomic E-state index is 0.0607. The van der Waals surface area contributed by atoms with Crippen LogP contribution in [-0.2, 0) is 0 Å². The lowest BCUT2D eigenvalue weighted by Crippen LogP contribution is -1.92. The molecule has 82 valence electrons. The van der Waals surface area contributed by atoms with Gasteiger partial charge in [0.05, 0.1) is 10.9 Å². The predicted octanol–water partition coefficient (Wildman–Crippen LogP) is 3.28. The second-order valence-electron chi connectivity index (χ2n) is 4.26. The van der Waals surface area contributed by atoms with Crippen molar-refractivity contribution in [1.29, 1.82) is 0 Å². The number of nitrogens with zero attached hydrogens (tertiary/aromatic N) is 2. The second kappa shape index (κ2) is 3.42. The Balaban J connectivity index is 2.30. The molecule has 1 saturated carbocycles. The molecule has 0 aliphatic heterocycles. The lowest BCUT2D eigenvalue weighted by molar-refractivity contribution is 0.457. The van der Waals surface area contributed by atoms with Crippen molar-refractivity contribution in [2.45, 2.75) is 25.7 Å².